The van der Waals surface area contributed by atoms with Crippen molar-refractivity contribution >= 4 is 17.4 Å². The molecule has 0 saturated heterocycles. The fourth-order valence-electron chi connectivity index (χ4n) is 2.87. The lowest BCUT2D eigenvalue weighted by Gasteiger charge is -2.22. The molecule has 1 atom stereocenters. The van der Waals surface area contributed by atoms with E-state index in [4.69, 9.17) is 4.52 Å². The van der Waals surface area contributed by atoms with Crippen molar-refractivity contribution in [3.63, 3.8) is 0 Å². The molecule has 0 radical (unpaired) electrons. The van der Waals surface area contributed by atoms with Gasteiger partial charge in [-0.05, 0) is 44.9 Å². The summed E-state index contributed by atoms with van der Waals surface area (Å²) in [6.07, 6.45) is 2.10. The molecule has 2 amide bonds. The first-order valence-electron chi connectivity index (χ1n) is 8.37. The molecule has 3 rings (SSSR count). The standard InChI is InChI=1S/C18H23FN4O2/c1-10(14-9-13(19)7-8-15(14)23(3)4)20-18(24)21-16-11(2)22-25-17(16)12-5-6-12/h7-10,12H,5-6H2,1-4H3,(H2,20,21,24). The van der Waals surface area contributed by atoms with Gasteiger partial charge in [-0.1, -0.05) is 5.16 Å². The lowest BCUT2D eigenvalue weighted by atomic mass is 10.1. The minimum absolute atomic E-state index is 0.333. The minimum Gasteiger partial charge on any atom is -0.377 e. The highest BCUT2D eigenvalue weighted by molar-refractivity contribution is 5.91. The number of amides is 2. The van der Waals surface area contributed by atoms with Crippen LogP contribution in [0.4, 0.5) is 20.6 Å². The van der Waals surface area contributed by atoms with Crippen LogP contribution in [0.15, 0.2) is 22.7 Å². The number of hydrogen-bond donors (Lipinski definition) is 2. The molecule has 2 N–H and O–H groups in total. The van der Waals surface area contributed by atoms with E-state index in [-0.39, 0.29) is 17.9 Å². The van der Waals surface area contributed by atoms with E-state index in [0.717, 1.165) is 24.3 Å². The molecule has 1 heterocycles. The van der Waals surface area contributed by atoms with Crippen LogP contribution in [-0.4, -0.2) is 25.3 Å². The molecule has 1 fully saturated rings. The molecule has 2 aromatic rings. The second kappa shape index (κ2) is 6.74. The van der Waals surface area contributed by atoms with Gasteiger partial charge in [-0.2, -0.15) is 0 Å². The number of anilines is 2. The van der Waals surface area contributed by atoms with E-state index in [2.05, 4.69) is 15.8 Å². The molecule has 0 spiro atoms. The highest BCUT2D eigenvalue weighted by Crippen LogP contribution is 2.44. The number of benzene rings is 1. The van der Waals surface area contributed by atoms with Crippen molar-refractivity contribution in [3.05, 3.63) is 41.0 Å². The number of aromatic nitrogens is 1. The second-order valence-electron chi connectivity index (χ2n) is 6.70. The van der Waals surface area contributed by atoms with Gasteiger partial charge in [-0.3, -0.25) is 0 Å². The number of carbonyl (C=O) groups is 1. The topological polar surface area (TPSA) is 70.4 Å². The fraction of sp³-hybridized carbons (Fsp3) is 0.444. The molecule has 25 heavy (non-hydrogen) atoms. The lowest BCUT2D eigenvalue weighted by Crippen LogP contribution is -2.32. The maximum atomic E-state index is 13.6. The van der Waals surface area contributed by atoms with Crippen LogP contribution in [0.1, 0.15) is 48.7 Å². The summed E-state index contributed by atoms with van der Waals surface area (Å²) in [5.74, 6) is 0.748. The minimum atomic E-state index is -0.366. The van der Waals surface area contributed by atoms with Gasteiger partial charge in [0.15, 0.2) is 5.76 Å². The third-order valence-corrected chi connectivity index (χ3v) is 4.36. The van der Waals surface area contributed by atoms with Gasteiger partial charge < -0.3 is 20.1 Å². The van der Waals surface area contributed by atoms with Crippen LogP contribution in [0, 0.1) is 12.7 Å². The number of rotatable bonds is 5. The van der Waals surface area contributed by atoms with Gasteiger partial charge in [0.05, 0.1) is 6.04 Å². The van der Waals surface area contributed by atoms with E-state index in [1.807, 2.05) is 25.9 Å². The zero-order valence-electron chi connectivity index (χ0n) is 14.9. The maximum absolute atomic E-state index is 13.6. The van der Waals surface area contributed by atoms with Crippen LogP contribution < -0.4 is 15.5 Å². The van der Waals surface area contributed by atoms with Gasteiger partial charge in [0.25, 0.3) is 0 Å². The molecule has 134 valence electrons. The summed E-state index contributed by atoms with van der Waals surface area (Å²) in [6, 6.07) is 3.83. The van der Waals surface area contributed by atoms with Crippen molar-refractivity contribution in [2.24, 2.45) is 0 Å². The molecular weight excluding hydrogens is 323 g/mol. The van der Waals surface area contributed by atoms with Crippen molar-refractivity contribution < 1.29 is 13.7 Å². The van der Waals surface area contributed by atoms with Crippen molar-refractivity contribution in [2.75, 3.05) is 24.3 Å². The van der Waals surface area contributed by atoms with Gasteiger partial charge in [-0.15, -0.1) is 0 Å². The monoisotopic (exact) mass is 346 g/mol. The Labute approximate surface area is 146 Å². The Hall–Kier alpha value is -2.57. The smallest absolute Gasteiger partial charge is 0.319 e. The predicted octanol–water partition coefficient (Wildman–Crippen LogP) is 3.95. The SMILES string of the molecule is Cc1noc(C2CC2)c1NC(=O)NC(C)c1cc(F)ccc1N(C)C. The number of halogens is 1. The average Bonchev–Trinajstić information content (AvgIpc) is 3.32. The van der Waals surface area contributed by atoms with Gasteiger partial charge >= 0.3 is 6.03 Å². The summed E-state index contributed by atoms with van der Waals surface area (Å²) in [4.78, 5) is 14.3. The number of nitrogens with zero attached hydrogens (tertiary/aromatic N) is 2. The van der Waals surface area contributed by atoms with Crippen LogP contribution in [-0.2, 0) is 0 Å². The van der Waals surface area contributed by atoms with Crippen molar-refractivity contribution in [1.29, 1.82) is 0 Å². The first-order chi connectivity index (χ1) is 11.9. The number of urea groups is 1. The third kappa shape index (κ3) is 3.75. The van der Waals surface area contributed by atoms with Crippen LogP contribution in [0.25, 0.3) is 0 Å². The van der Waals surface area contributed by atoms with Crippen LogP contribution in [0.3, 0.4) is 0 Å². The second-order valence-corrected chi connectivity index (χ2v) is 6.70. The quantitative estimate of drug-likeness (QED) is 0.860. The zero-order valence-corrected chi connectivity index (χ0v) is 14.9. The van der Waals surface area contributed by atoms with Gasteiger partial charge in [-0.25, -0.2) is 9.18 Å². The molecule has 1 unspecified atom stereocenters. The highest BCUT2D eigenvalue weighted by atomic mass is 19.1. The molecule has 1 aromatic heterocycles. The summed E-state index contributed by atoms with van der Waals surface area (Å²) in [5.41, 5.74) is 2.86. The van der Waals surface area contributed by atoms with Crippen LogP contribution in [0.5, 0.6) is 0 Å². The van der Waals surface area contributed by atoms with Gasteiger partial charge in [0.2, 0.25) is 0 Å². The van der Waals surface area contributed by atoms with E-state index < -0.39 is 0 Å². The third-order valence-electron chi connectivity index (χ3n) is 4.36. The Morgan fingerprint density at radius 2 is 2.12 bits per heavy atom. The Morgan fingerprint density at radius 1 is 1.40 bits per heavy atom. The van der Waals surface area contributed by atoms with E-state index in [0.29, 0.717) is 22.9 Å². The molecule has 1 aromatic carbocycles. The van der Waals surface area contributed by atoms with Crippen molar-refractivity contribution in [2.45, 2.75) is 38.6 Å². The Kier molecular flexibility index (Phi) is 4.65. The number of hydrogen-bond acceptors (Lipinski definition) is 4. The summed E-state index contributed by atoms with van der Waals surface area (Å²) < 4.78 is 19.0. The molecule has 6 nitrogen and oxygen atoms in total. The predicted molar refractivity (Wildman–Crippen MR) is 94.5 cm³/mol. The average molecular weight is 346 g/mol. The van der Waals surface area contributed by atoms with E-state index in [9.17, 15) is 9.18 Å². The highest BCUT2D eigenvalue weighted by Gasteiger charge is 2.32. The fourth-order valence-corrected chi connectivity index (χ4v) is 2.87. The van der Waals surface area contributed by atoms with Crippen molar-refractivity contribution in [3.8, 4) is 0 Å². The largest absolute Gasteiger partial charge is 0.377 e. The Balaban J connectivity index is 1.73. The molecule has 1 aliphatic carbocycles. The zero-order chi connectivity index (χ0) is 18.1. The molecular formula is C18H23FN4O2. The summed E-state index contributed by atoms with van der Waals surface area (Å²) >= 11 is 0. The van der Waals surface area contributed by atoms with E-state index >= 15 is 0 Å². The molecule has 1 saturated carbocycles. The van der Waals surface area contributed by atoms with Gasteiger partial charge in [0, 0.05) is 31.3 Å². The number of nitrogens with one attached hydrogen (secondary N) is 2. The Morgan fingerprint density at radius 3 is 2.76 bits per heavy atom. The first-order valence-corrected chi connectivity index (χ1v) is 8.37. The molecule has 0 bridgehead atoms. The van der Waals surface area contributed by atoms with Crippen LogP contribution in [0.2, 0.25) is 0 Å². The molecule has 0 aliphatic heterocycles. The number of carbonyl (C=O) groups excluding carboxylic acids is 1. The molecule has 1 aliphatic rings. The van der Waals surface area contributed by atoms with E-state index in [1.165, 1.54) is 12.1 Å². The van der Waals surface area contributed by atoms with Gasteiger partial charge in [0.1, 0.15) is 17.2 Å². The van der Waals surface area contributed by atoms with Crippen molar-refractivity contribution in [1.82, 2.24) is 10.5 Å². The number of aryl methyl sites for hydroxylation is 1. The maximum Gasteiger partial charge on any atom is 0.319 e. The summed E-state index contributed by atoms with van der Waals surface area (Å²) in [5, 5.41) is 9.63. The lowest BCUT2D eigenvalue weighted by molar-refractivity contribution is 0.249. The Bertz CT molecular complexity index is 783. The molecule has 7 heteroatoms. The van der Waals surface area contributed by atoms with Crippen LogP contribution >= 0.6 is 0 Å². The van der Waals surface area contributed by atoms with E-state index in [1.54, 1.807) is 13.0 Å². The normalized spacial score (nSPS) is 14.9. The summed E-state index contributed by atoms with van der Waals surface area (Å²) in [6.45, 7) is 3.62. The summed E-state index contributed by atoms with van der Waals surface area (Å²) in [7, 11) is 3.76. The first kappa shape index (κ1) is 17.3.